The Hall–Kier alpha value is -3.05. The van der Waals surface area contributed by atoms with E-state index in [1.807, 2.05) is 66.8 Å². The highest BCUT2D eigenvalue weighted by atomic mass is 16.5. The lowest BCUT2D eigenvalue weighted by Crippen LogP contribution is -2.44. The molecule has 5 heteroatoms. The van der Waals surface area contributed by atoms with E-state index in [0.29, 0.717) is 24.1 Å². The standard InChI is InChI=1S/C30H40N2O3/c1-24-14-17-27(18-15-24)32(21-20-31(2)3)30(33)13-9-8-10-25-16-19-28(29(22-25)34-4)35-23-26-11-6-5-7-12-26/h5-13,16,19,22,24,27H,14-15,17-18,20-21,23H2,1-4H3/b10-8+,13-9+/t24-,27-. The molecule has 0 N–H and O–H groups in total. The van der Waals surface area contributed by atoms with Gasteiger partial charge in [-0.25, -0.2) is 0 Å². The second-order valence-corrected chi connectivity index (χ2v) is 9.65. The normalized spacial score (nSPS) is 18.3. The molecular weight excluding hydrogens is 436 g/mol. The van der Waals surface area contributed by atoms with Gasteiger partial charge in [-0.15, -0.1) is 0 Å². The zero-order valence-electron chi connectivity index (χ0n) is 21.7. The van der Waals surface area contributed by atoms with Crippen LogP contribution in [0.25, 0.3) is 6.08 Å². The highest BCUT2D eigenvalue weighted by Gasteiger charge is 2.26. The Bertz CT molecular complexity index is 976. The predicted octanol–water partition coefficient (Wildman–Crippen LogP) is 5.81. The minimum absolute atomic E-state index is 0.0956. The van der Waals surface area contributed by atoms with Crippen LogP contribution in [0.5, 0.6) is 11.5 Å². The van der Waals surface area contributed by atoms with Crippen molar-refractivity contribution < 1.29 is 14.3 Å². The third kappa shape index (κ3) is 8.59. The molecule has 0 heterocycles. The second-order valence-electron chi connectivity index (χ2n) is 9.65. The van der Waals surface area contributed by atoms with Crippen LogP contribution in [0.4, 0.5) is 0 Å². The Labute approximate surface area is 211 Å². The third-order valence-electron chi connectivity index (χ3n) is 6.56. The summed E-state index contributed by atoms with van der Waals surface area (Å²) in [6, 6.07) is 16.3. The fourth-order valence-electron chi connectivity index (χ4n) is 4.38. The van der Waals surface area contributed by atoms with Crippen molar-refractivity contribution >= 4 is 12.0 Å². The molecule has 1 fully saturated rings. The molecule has 2 aromatic carbocycles. The van der Waals surface area contributed by atoms with Gasteiger partial charge in [0.15, 0.2) is 11.5 Å². The molecule has 1 aliphatic rings. The van der Waals surface area contributed by atoms with Gasteiger partial charge in [-0.2, -0.15) is 0 Å². The van der Waals surface area contributed by atoms with E-state index in [1.54, 1.807) is 13.2 Å². The van der Waals surface area contributed by atoms with Gasteiger partial charge < -0.3 is 19.3 Å². The smallest absolute Gasteiger partial charge is 0.246 e. The summed E-state index contributed by atoms with van der Waals surface area (Å²) in [5.74, 6) is 2.25. The Morgan fingerprint density at radius 3 is 2.40 bits per heavy atom. The molecule has 0 unspecified atom stereocenters. The summed E-state index contributed by atoms with van der Waals surface area (Å²) < 4.78 is 11.5. The van der Waals surface area contributed by atoms with Crippen molar-refractivity contribution in [2.45, 2.75) is 45.3 Å². The van der Waals surface area contributed by atoms with Gasteiger partial charge in [0.05, 0.1) is 7.11 Å². The summed E-state index contributed by atoms with van der Waals surface area (Å²) in [7, 11) is 5.75. The van der Waals surface area contributed by atoms with Crippen LogP contribution in [0.1, 0.15) is 43.7 Å². The lowest BCUT2D eigenvalue weighted by Gasteiger charge is -2.36. The number of allylic oxidation sites excluding steroid dienone is 2. The zero-order valence-corrected chi connectivity index (χ0v) is 21.7. The first kappa shape index (κ1) is 26.6. The molecule has 5 nitrogen and oxygen atoms in total. The predicted molar refractivity (Wildman–Crippen MR) is 144 cm³/mol. The summed E-state index contributed by atoms with van der Waals surface area (Å²) in [6.45, 7) is 4.44. The molecule has 188 valence electrons. The van der Waals surface area contributed by atoms with Gasteiger partial charge >= 0.3 is 0 Å². The number of hydrogen-bond acceptors (Lipinski definition) is 4. The molecule has 2 aromatic rings. The lowest BCUT2D eigenvalue weighted by molar-refractivity contribution is -0.129. The van der Waals surface area contributed by atoms with Crippen molar-refractivity contribution in [1.29, 1.82) is 0 Å². The molecule has 0 spiro atoms. The fourth-order valence-corrected chi connectivity index (χ4v) is 4.38. The van der Waals surface area contributed by atoms with Crippen molar-refractivity contribution in [2.24, 2.45) is 5.92 Å². The minimum atomic E-state index is 0.0956. The first-order valence-electron chi connectivity index (χ1n) is 12.6. The van der Waals surface area contributed by atoms with Gasteiger partial charge in [-0.1, -0.05) is 61.5 Å². The average Bonchev–Trinajstić information content (AvgIpc) is 2.87. The van der Waals surface area contributed by atoms with E-state index in [-0.39, 0.29) is 5.91 Å². The van der Waals surface area contributed by atoms with E-state index >= 15 is 0 Å². The van der Waals surface area contributed by atoms with Crippen molar-refractivity contribution in [3.8, 4) is 11.5 Å². The number of likely N-dealkylation sites (N-methyl/N-ethyl adjacent to an activating group) is 1. The van der Waals surface area contributed by atoms with E-state index in [1.165, 1.54) is 12.8 Å². The summed E-state index contributed by atoms with van der Waals surface area (Å²) >= 11 is 0. The quantitative estimate of drug-likeness (QED) is 0.303. The zero-order chi connectivity index (χ0) is 25.0. The van der Waals surface area contributed by atoms with Crippen molar-refractivity contribution in [2.75, 3.05) is 34.3 Å². The summed E-state index contributed by atoms with van der Waals surface area (Å²) in [6.07, 6.45) is 12.0. The van der Waals surface area contributed by atoms with Crippen LogP contribution in [0, 0.1) is 5.92 Å². The lowest BCUT2D eigenvalue weighted by atomic mass is 9.86. The molecule has 1 aliphatic carbocycles. The van der Waals surface area contributed by atoms with Crippen molar-refractivity contribution in [1.82, 2.24) is 9.80 Å². The number of amides is 1. The molecule has 3 rings (SSSR count). The maximum atomic E-state index is 13.0. The molecule has 35 heavy (non-hydrogen) atoms. The molecule has 0 atom stereocenters. The number of carbonyl (C=O) groups is 1. The van der Waals surface area contributed by atoms with E-state index in [4.69, 9.17) is 9.47 Å². The number of hydrogen-bond donors (Lipinski definition) is 0. The number of benzene rings is 2. The maximum Gasteiger partial charge on any atom is 0.246 e. The van der Waals surface area contributed by atoms with Crippen LogP contribution in [-0.2, 0) is 11.4 Å². The Balaban J connectivity index is 1.60. The SMILES string of the molecule is COc1cc(/C=C/C=C/C(=O)N(CCN(C)C)[C@H]2CC[C@H](C)CC2)ccc1OCc1ccccc1. The van der Waals surface area contributed by atoms with Crippen molar-refractivity contribution in [3.05, 3.63) is 77.9 Å². The summed E-state index contributed by atoms with van der Waals surface area (Å²) in [5.41, 5.74) is 2.09. The van der Waals surface area contributed by atoms with E-state index in [0.717, 1.165) is 43.0 Å². The molecule has 1 amide bonds. The molecule has 1 saturated carbocycles. The molecule has 0 aliphatic heterocycles. The van der Waals surface area contributed by atoms with Gasteiger partial charge in [-0.05, 0) is 69.0 Å². The first-order chi connectivity index (χ1) is 17.0. The van der Waals surface area contributed by atoms with Crippen LogP contribution < -0.4 is 9.47 Å². The minimum Gasteiger partial charge on any atom is -0.493 e. The maximum absolute atomic E-state index is 13.0. The molecule has 0 bridgehead atoms. The average molecular weight is 477 g/mol. The Kier molecular flexibility index (Phi) is 10.4. The van der Waals surface area contributed by atoms with Crippen LogP contribution in [0.3, 0.4) is 0 Å². The number of carbonyl (C=O) groups excluding carboxylic acids is 1. The van der Waals surface area contributed by atoms with Crippen LogP contribution in [-0.4, -0.2) is 56.0 Å². The second kappa shape index (κ2) is 13.7. The first-order valence-corrected chi connectivity index (χ1v) is 12.6. The molecule has 0 aromatic heterocycles. The topological polar surface area (TPSA) is 42.0 Å². The fraction of sp³-hybridized carbons (Fsp3) is 0.433. The van der Waals surface area contributed by atoms with E-state index in [2.05, 4.69) is 30.8 Å². The third-order valence-corrected chi connectivity index (χ3v) is 6.56. The summed E-state index contributed by atoms with van der Waals surface area (Å²) in [5, 5.41) is 0. The summed E-state index contributed by atoms with van der Waals surface area (Å²) in [4.78, 5) is 17.2. The van der Waals surface area contributed by atoms with Crippen LogP contribution >= 0.6 is 0 Å². The monoisotopic (exact) mass is 476 g/mol. The molecule has 0 radical (unpaired) electrons. The van der Waals surface area contributed by atoms with Gasteiger partial charge in [0, 0.05) is 25.2 Å². The van der Waals surface area contributed by atoms with Gasteiger partial charge in [0.1, 0.15) is 6.61 Å². The van der Waals surface area contributed by atoms with E-state index < -0.39 is 0 Å². The number of nitrogens with zero attached hydrogens (tertiary/aromatic N) is 2. The van der Waals surface area contributed by atoms with Gasteiger partial charge in [0.25, 0.3) is 0 Å². The van der Waals surface area contributed by atoms with Crippen LogP contribution in [0.2, 0.25) is 0 Å². The Morgan fingerprint density at radius 2 is 1.71 bits per heavy atom. The van der Waals surface area contributed by atoms with Crippen LogP contribution in [0.15, 0.2) is 66.8 Å². The Morgan fingerprint density at radius 1 is 0.971 bits per heavy atom. The number of ether oxygens (including phenoxy) is 2. The van der Waals surface area contributed by atoms with Gasteiger partial charge in [-0.3, -0.25) is 4.79 Å². The highest BCUT2D eigenvalue weighted by Crippen LogP contribution is 2.30. The molecule has 0 saturated heterocycles. The van der Waals surface area contributed by atoms with E-state index in [9.17, 15) is 4.79 Å². The van der Waals surface area contributed by atoms with Gasteiger partial charge in [0.2, 0.25) is 5.91 Å². The molecular formula is C30H40N2O3. The number of methoxy groups -OCH3 is 1. The highest BCUT2D eigenvalue weighted by molar-refractivity contribution is 5.88. The number of rotatable bonds is 11. The largest absolute Gasteiger partial charge is 0.493 e. The van der Waals surface area contributed by atoms with Crippen molar-refractivity contribution in [3.63, 3.8) is 0 Å².